The maximum Gasteiger partial charge on any atom is 0.387 e. The van der Waals surface area contributed by atoms with Crippen molar-refractivity contribution in [3.63, 3.8) is 0 Å². The molecule has 6 nitrogen and oxygen atoms in total. The van der Waals surface area contributed by atoms with Gasteiger partial charge in [0.1, 0.15) is 5.75 Å². The third-order valence-corrected chi connectivity index (χ3v) is 4.81. The monoisotopic (exact) mass is 419 g/mol. The van der Waals surface area contributed by atoms with Crippen molar-refractivity contribution in [1.29, 1.82) is 0 Å². The van der Waals surface area contributed by atoms with Gasteiger partial charge in [-0.25, -0.2) is 0 Å². The van der Waals surface area contributed by atoms with E-state index in [2.05, 4.69) is 14.9 Å². The molecule has 1 aromatic heterocycles. The first-order valence-electron chi connectivity index (χ1n) is 8.88. The predicted octanol–water partition coefficient (Wildman–Crippen LogP) is 4.48. The Morgan fingerprint density at radius 2 is 1.86 bits per heavy atom. The molecule has 0 aliphatic heterocycles. The van der Waals surface area contributed by atoms with Gasteiger partial charge in [-0.1, -0.05) is 42.1 Å². The number of hydrogen-bond donors (Lipinski definition) is 0. The van der Waals surface area contributed by atoms with Crippen LogP contribution in [0.2, 0.25) is 0 Å². The van der Waals surface area contributed by atoms with Crippen LogP contribution in [0.15, 0.2) is 64.2 Å². The van der Waals surface area contributed by atoms with E-state index in [0.717, 1.165) is 17.3 Å². The van der Waals surface area contributed by atoms with Crippen LogP contribution in [0.1, 0.15) is 12.5 Å². The molecule has 0 atom stereocenters. The molecule has 0 fully saturated rings. The smallest absolute Gasteiger partial charge is 0.387 e. The van der Waals surface area contributed by atoms with Crippen LogP contribution in [0, 0.1) is 0 Å². The number of aromatic nitrogens is 2. The number of carbonyl (C=O) groups excluding carboxylic acids is 1. The molecule has 0 spiro atoms. The highest BCUT2D eigenvalue weighted by atomic mass is 32.2. The van der Waals surface area contributed by atoms with E-state index in [-0.39, 0.29) is 28.5 Å². The Hall–Kier alpha value is -2.94. The van der Waals surface area contributed by atoms with E-state index in [1.165, 1.54) is 12.1 Å². The van der Waals surface area contributed by atoms with Crippen LogP contribution in [-0.4, -0.2) is 39.9 Å². The Morgan fingerprint density at radius 1 is 1.14 bits per heavy atom. The number of hydrogen-bond acceptors (Lipinski definition) is 6. The second-order valence-corrected chi connectivity index (χ2v) is 6.88. The molecular formula is C20H19F2N3O3S. The summed E-state index contributed by atoms with van der Waals surface area (Å²) in [6, 6.07) is 15.6. The summed E-state index contributed by atoms with van der Waals surface area (Å²) >= 11 is 1.15. The summed E-state index contributed by atoms with van der Waals surface area (Å²) in [6.07, 6.45) is 0. The number of rotatable bonds is 9. The van der Waals surface area contributed by atoms with E-state index in [1.54, 1.807) is 17.0 Å². The molecule has 9 heteroatoms. The van der Waals surface area contributed by atoms with Gasteiger partial charge in [-0.2, -0.15) is 8.78 Å². The van der Waals surface area contributed by atoms with E-state index in [0.29, 0.717) is 18.7 Å². The molecule has 29 heavy (non-hydrogen) atoms. The number of alkyl halides is 2. The van der Waals surface area contributed by atoms with Gasteiger partial charge in [0.05, 0.1) is 5.75 Å². The molecule has 0 saturated heterocycles. The average Bonchev–Trinajstić information content (AvgIpc) is 3.20. The molecule has 0 aliphatic rings. The highest BCUT2D eigenvalue weighted by molar-refractivity contribution is 7.99. The van der Waals surface area contributed by atoms with Crippen LogP contribution in [0.3, 0.4) is 0 Å². The zero-order valence-electron chi connectivity index (χ0n) is 15.6. The predicted molar refractivity (Wildman–Crippen MR) is 105 cm³/mol. The molecule has 0 N–H and O–H groups in total. The van der Waals surface area contributed by atoms with Gasteiger partial charge in [-0.15, -0.1) is 10.2 Å². The minimum absolute atomic E-state index is 0.0328. The molecule has 2 aromatic carbocycles. The molecule has 1 heterocycles. The van der Waals surface area contributed by atoms with Gasteiger partial charge in [0, 0.05) is 18.7 Å². The summed E-state index contributed by atoms with van der Waals surface area (Å²) in [5.74, 6) is 0.417. The van der Waals surface area contributed by atoms with Crippen molar-refractivity contribution in [2.45, 2.75) is 25.3 Å². The van der Waals surface area contributed by atoms with E-state index in [4.69, 9.17) is 4.42 Å². The van der Waals surface area contributed by atoms with Gasteiger partial charge in [-0.05, 0) is 36.8 Å². The number of benzene rings is 2. The fraction of sp³-hybridized carbons (Fsp3) is 0.250. The number of amides is 1. The number of thioether (sulfide) groups is 1. The van der Waals surface area contributed by atoms with Gasteiger partial charge >= 0.3 is 6.61 Å². The number of carbonyl (C=O) groups is 1. The van der Waals surface area contributed by atoms with Crippen LogP contribution >= 0.6 is 11.8 Å². The summed E-state index contributed by atoms with van der Waals surface area (Å²) in [4.78, 5) is 14.2. The van der Waals surface area contributed by atoms with Crippen LogP contribution in [0.5, 0.6) is 5.75 Å². The molecule has 3 aromatic rings. The van der Waals surface area contributed by atoms with Crippen LogP contribution in [-0.2, 0) is 11.3 Å². The normalized spacial score (nSPS) is 10.9. The Morgan fingerprint density at radius 3 is 2.52 bits per heavy atom. The lowest BCUT2D eigenvalue weighted by Gasteiger charge is -2.20. The third-order valence-electron chi connectivity index (χ3n) is 4.00. The fourth-order valence-electron chi connectivity index (χ4n) is 2.56. The van der Waals surface area contributed by atoms with Crippen LogP contribution in [0.4, 0.5) is 8.78 Å². The van der Waals surface area contributed by atoms with Crippen molar-refractivity contribution >= 4 is 17.7 Å². The largest absolute Gasteiger partial charge is 0.435 e. The first kappa shape index (κ1) is 20.8. The summed E-state index contributed by atoms with van der Waals surface area (Å²) < 4.78 is 34.3. The second-order valence-electron chi connectivity index (χ2n) is 5.96. The lowest BCUT2D eigenvalue weighted by molar-refractivity contribution is -0.128. The molecule has 152 valence electrons. The van der Waals surface area contributed by atoms with Crippen molar-refractivity contribution < 1.29 is 22.7 Å². The molecule has 0 bridgehead atoms. The van der Waals surface area contributed by atoms with Gasteiger partial charge in [0.25, 0.3) is 5.22 Å². The summed E-state index contributed by atoms with van der Waals surface area (Å²) in [6.45, 7) is 0.182. The van der Waals surface area contributed by atoms with Crippen molar-refractivity contribution in [2.75, 3.05) is 12.3 Å². The summed E-state index contributed by atoms with van der Waals surface area (Å²) in [7, 11) is 0. The second kappa shape index (κ2) is 10.0. The van der Waals surface area contributed by atoms with Crippen LogP contribution in [0.25, 0.3) is 11.5 Å². The zero-order chi connectivity index (χ0) is 20.6. The zero-order valence-corrected chi connectivity index (χ0v) is 16.4. The number of ether oxygens (including phenoxy) is 1. The molecule has 0 unspecified atom stereocenters. The van der Waals surface area contributed by atoms with Gasteiger partial charge in [0.2, 0.25) is 11.8 Å². The molecule has 0 saturated carbocycles. The maximum absolute atomic E-state index is 12.5. The van der Waals surface area contributed by atoms with Crippen molar-refractivity contribution in [3.8, 4) is 17.2 Å². The SMILES string of the molecule is CCN(Cc1ccccc1)C(=O)CSc1nnc(-c2ccc(OC(F)F)cc2)o1. The fourth-order valence-corrected chi connectivity index (χ4v) is 3.22. The summed E-state index contributed by atoms with van der Waals surface area (Å²) in [5.41, 5.74) is 1.63. The van der Waals surface area contributed by atoms with Crippen molar-refractivity contribution in [2.24, 2.45) is 0 Å². The lowest BCUT2D eigenvalue weighted by Crippen LogP contribution is -2.31. The first-order chi connectivity index (χ1) is 14.0. The minimum atomic E-state index is -2.88. The Labute approximate surface area is 170 Å². The molecule has 1 amide bonds. The highest BCUT2D eigenvalue weighted by Crippen LogP contribution is 2.25. The van der Waals surface area contributed by atoms with E-state index in [9.17, 15) is 13.6 Å². The molecular weight excluding hydrogens is 400 g/mol. The molecule has 0 radical (unpaired) electrons. The van der Waals surface area contributed by atoms with Crippen molar-refractivity contribution in [1.82, 2.24) is 15.1 Å². The first-order valence-corrected chi connectivity index (χ1v) is 9.87. The van der Waals surface area contributed by atoms with Crippen molar-refractivity contribution in [3.05, 3.63) is 60.2 Å². The average molecular weight is 419 g/mol. The topological polar surface area (TPSA) is 68.5 Å². The van der Waals surface area contributed by atoms with E-state index in [1.807, 2.05) is 37.3 Å². The van der Waals surface area contributed by atoms with Gasteiger partial charge in [0.15, 0.2) is 0 Å². The highest BCUT2D eigenvalue weighted by Gasteiger charge is 2.16. The molecule has 3 rings (SSSR count). The van der Waals surface area contributed by atoms with E-state index >= 15 is 0 Å². The van der Waals surface area contributed by atoms with Gasteiger partial charge in [-0.3, -0.25) is 4.79 Å². The molecule has 0 aliphatic carbocycles. The minimum Gasteiger partial charge on any atom is -0.435 e. The lowest BCUT2D eigenvalue weighted by atomic mass is 10.2. The van der Waals surface area contributed by atoms with Crippen LogP contribution < -0.4 is 4.74 Å². The quantitative estimate of drug-likeness (QED) is 0.477. The third kappa shape index (κ3) is 6.02. The standard InChI is InChI=1S/C20H19F2N3O3S/c1-2-25(12-14-6-4-3-5-7-14)17(26)13-29-20-24-23-18(28-20)15-8-10-16(11-9-15)27-19(21)22/h3-11,19H,2,12-13H2,1H3. The number of halogens is 2. The Kier molecular flexibility index (Phi) is 7.18. The van der Waals surface area contributed by atoms with Gasteiger partial charge < -0.3 is 14.1 Å². The Balaban J connectivity index is 1.56. The summed E-state index contributed by atoms with van der Waals surface area (Å²) in [5, 5.41) is 8.13. The Bertz CT molecular complexity index is 920. The van der Waals surface area contributed by atoms with E-state index < -0.39 is 6.61 Å². The maximum atomic E-state index is 12.5. The number of nitrogens with zero attached hydrogens (tertiary/aromatic N) is 3.